The first-order valence-corrected chi connectivity index (χ1v) is 8.10. The van der Waals surface area contributed by atoms with E-state index >= 15 is 0 Å². The van der Waals surface area contributed by atoms with Gasteiger partial charge in [0, 0.05) is 19.3 Å². The van der Waals surface area contributed by atoms with Gasteiger partial charge in [0.05, 0.1) is 36.6 Å². The van der Waals surface area contributed by atoms with Gasteiger partial charge >= 0.3 is 0 Å². The van der Waals surface area contributed by atoms with E-state index in [2.05, 4.69) is 20.2 Å². The molecule has 3 aromatic rings. The second kappa shape index (κ2) is 6.38. The lowest BCUT2D eigenvalue weighted by Gasteiger charge is -2.22. The molecule has 1 aliphatic heterocycles. The van der Waals surface area contributed by atoms with Crippen molar-refractivity contribution in [2.45, 2.75) is 25.1 Å². The summed E-state index contributed by atoms with van der Waals surface area (Å²) in [6.07, 6.45) is 5.49. The Hall–Kier alpha value is -2.58. The molecule has 1 aromatic carbocycles. The highest BCUT2D eigenvalue weighted by Crippen LogP contribution is 2.27. The van der Waals surface area contributed by atoms with Gasteiger partial charge in [-0.25, -0.2) is 14.1 Å². The second-order valence-corrected chi connectivity index (χ2v) is 6.38. The molecule has 3 heterocycles. The van der Waals surface area contributed by atoms with Crippen molar-refractivity contribution in [2.75, 3.05) is 13.1 Å². The van der Waals surface area contributed by atoms with Gasteiger partial charge in [0.15, 0.2) is 5.76 Å². The molecule has 130 valence electrons. The molecule has 0 aliphatic carbocycles. The number of hydrogen-bond acceptors (Lipinski definition) is 6. The zero-order chi connectivity index (χ0) is 17.3. The van der Waals surface area contributed by atoms with Crippen LogP contribution in [-0.4, -0.2) is 48.7 Å². The predicted octanol–water partition coefficient (Wildman–Crippen LogP) is 1.71. The molecule has 0 radical (unpaired) electrons. The molecule has 0 bridgehead atoms. The van der Waals surface area contributed by atoms with Crippen molar-refractivity contribution in [1.29, 1.82) is 0 Å². The number of likely N-dealkylation sites (tertiary alicyclic amines) is 1. The molecular weight excluding hydrogens is 325 g/mol. The van der Waals surface area contributed by atoms with E-state index in [1.165, 1.54) is 12.3 Å². The van der Waals surface area contributed by atoms with Crippen molar-refractivity contribution < 1.29 is 13.9 Å². The SMILES string of the molecule is OC1(Cn2ccnn2)CCN(Cc2ncc(-c3ccccc3F)o2)C1. The summed E-state index contributed by atoms with van der Waals surface area (Å²) in [5.41, 5.74) is -0.459. The fraction of sp³-hybridized carbons (Fsp3) is 0.353. The lowest BCUT2D eigenvalue weighted by atomic mass is 10.0. The van der Waals surface area contributed by atoms with Crippen LogP contribution >= 0.6 is 0 Å². The summed E-state index contributed by atoms with van der Waals surface area (Å²) in [6, 6.07) is 6.44. The topological polar surface area (TPSA) is 80.2 Å². The minimum absolute atomic E-state index is 0.339. The molecule has 1 saturated heterocycles. The van der Waals surface area contributed by atoms with E-state index in [0.717, 1.165) is 6.54 Å². The van der Waals surface area contributed by atoms with Gasteiger partial charge in [0.25, 0.3) is 0 Å². The summed E-state index contributed by atoms with van der Waals surface area (Å²) in [5.74, 6) is 0.571. The molecule has 1 N–H and O–H groups in total. The van der Waals surface area contributed by atoms with E-state index in [0.29, 0.717) is 43.3 Å². The Balaban J connectivity index is 1.41. The third-order valence-corrected chi connectivity index (χ3v) is 4.39. The first-order chi connectivity index (χ1) is 12.1. The average Bonchev–Trinajstić information content (AvgIpc) is 3.31. The fourth-order valence-electron chi connectivity index (χ4n) is 3.18. The van der Waals surface area contributed by atoms with Crippen molar-refractivity contribution >= 4 is 0 Å². The number of oxazole rings is 1. The molecule has 1 fully saturated rings. The number of hydrogen-bond donors (Lipinski definition) is 1. The van der Waals surface area contributed by atoms with Crippen LogP contribution in [0.25, 0.3) is 11.3 Å². The maximum Gasteiger partial charge on any atom is 0.209 e. The van der Waals surface area contributed by atoms with Crippen LogP contribution in [0.1, 0.15) is 12.3 Å². The largest absolute Gasteiger partial charge is 0.439 e. The Morgan fingerprint density at radius 1 is 1.32 bits per heavy atom. The number of nitrogens with zero attached hydrogens (tertiary/aromatic N) is 5. The van der Waals surface area contributed by atoms with Crippen molar-refractivity contribution in [2.24, 2.45) is 0 Å². The summed E-state index contributed by atoms with van der Waals surface area (Å²) in [7, 11) is 0. The van der Waals surface area contributed by atoms with E-state index < -0.39 is 5.60 Å². The van der Waals surface area contributed by atoms with Crippen molar-refractivity contribution in [3.05, 3.63) is 54.6 Å². The smallest absolute Gasteiger partial charge is 0.209 e. The predicted molar refractivity (Wildman–Crippen MR) is 86.8 cm³/mol. The van der Waals surface area contributed by atoms with Crippen LogP contribution in [0, 0.1) is 5.82 Å². The van der Waals surface area contributed by atoms with Gasteiger partial charge in [-0.3, -0.25) is 4.90 Å². The Morgan fingerprint density at radius 3 is 3.00 bits per heavy atom. The lowest BCUT2D eigenvalue weighted by Crippen LogP contribution is -2.37. The highest BCUT2D eigenvalue weighted by molar-refractivity contribution is 5.56. The number of β-amino-alcohol motifs (C(OH)–C–C–N with tert-alkyl or cyclic N) is 1. The van der Waals surface area contributed by atoms with E-state index in [4.69, 9.17) is 4.42 Å². The molecule has 8 heteroatoms. The van der Waals surface area contributed by atoms with Crippen molar-refractivity contribution in [3.63, 3.8) is 0 Å². The van der Waals surface area contributed by atoms with E-state index in [-0.39, 0.29) is 5.82 Å². The van der Waals surface area contributed by atoms with Crippen LogP contribution in [0.2, 0.25) is 0 Å². The quantitative estimate of drug-likeness (QED) is 0.760. The Bertz CT molecular complexity index is 850. The number of aromatic nitrogens is 4. The van der Waals surface area contributed by atoms with Crippen LogP contribution in [0.4, 0.5) is 4.39 Å². The Labute approximate surface area is 143 Å². The monoisotopic (exact) mass is 343 g/mol. The van der Waals surface area contributed by atoms with Gasteiger partial charge in [-0.2, -0.15) is 0 Å². The third kappa shape index (κ3) is 3.45. The molecule has 0 spiro atoms. The number of benzene rings is 1. The Morgan fingerprint density at radius 2 is 2.20 bits per heavy atom. The van der Waals surface area contributed by atoms with Gasteiger partial charge < -0.3 is 9.52 Å². The van der Waals surface area contributed by atoms with Crippen LogP contribution in [-0.2, 0) is 13.1 Å². The maximum absolute atomic E-state index is 13.8. The fourth-order valence-corrected chi connectivity index (χ4v) is 3.18. The summed E-state index contributed by atoms with van der Waals surface area (Å²) in [4.78, 5) is 6.30. The van der Waals surface area contributed by atoms with Gasteiger partial charge in [0.1, 0.15) is 5.82 Å². The molecule has 4 rings (SSSR count). The third-order valence-electron chi connectivity index (χ3n) is 4.39. The minimum Gasteiger partial charge on any atom is -0.439 e. The van der Waals surface area contributed by atoms with Gasteiger partial charge in [0.2, 0.25) is 5.89 Å². The van der Waals surface area contributed by atoms with Crippen molar-refractivity contribution in [1.82, 2.24) is 24.9 Å². The van der Waals surface area contributed by atoms with Crippen LogP contribution < -0.4 is 0 Å². The molecule has 7 nitrogen and oxygen atoms in total. The van der Waals surface area contributed by atoms with E-state index in [1.54, 1.807) is 35.3 Å². The zero-order valence-electron chi connectivity index (χ0n) is 13.5. The maximum atomic E-state index is 13.8. The minimum atomic E-state index is -0.853. The molecule has 0 amide bonds. The first-order valence-electron chi connectivity index (χ1n) is 8.10. The Kier molecular flexibility index (Phi) is 4.06. The average molecular weight is 343 g/mol. The van der Waals surface area contributed by atoms with Crippen LogP contribution in [0.5, 0.6) is 0 Å². The zero-order valence-corrected chi connectivity index (χ0v) is 13.5. The van der Waals surface area contributed by atoms with E-state index in [1.807, 2.05) is 0 Å². The number of halogens is 1. The number of aliphatic hydroxyl groups is 1. The summed E-state index contributed by atoms with van der Waals surface area (Å²) in [5, 5.41) is 18.4. The lowest BCUT2D eigenvalue weighted by molar-refractivity contribution is 0.0267. The van der Waals surface area contributed by atoms with Gasteiger partial charge in [-0.1, -0.05) is 17.3 Å². The first kappa shape index (κ1) is 15.9. The van der Waals surface area contributed by atoms with Crippen molar-refractivity contribution in [3.8, 4) is 11.3 Å². The summed E-state index contributed by atoms with van der Waals surface area (Å²) < 4.78 is 21.1. The molecule has 1 aliphatic rings. The van der Waals surface area contributed by atoms with Crippen LogP contribution in [0.15, 0.2) is 47.3 Å². The molecular formula is C17H18FN5O2. The number of rotatable bonds is 5. The molecule has 2 aromatic heterocycles. The second-order valence-electron chi connectivity index (χ2n) is 6.38. The normalized spacial score (nSPS) is 21.0. The van der Waals surface area contributed by atoms with Crippen LogP contribution in [0.3, 0.4) is 0 Å². The molecule has 1 unspecified atom stereocenters. The highest BCUT2D eigenvalue weighted by atomic mass is 19.1. The van der Waals surface area contributed by atoms with Gasteiger partial charge in [-0.15, -0.1) is 5.10 Å². The molecule has 1 atom stereocenters. The van der Waals surface area contributed by atoms with E-state index in [9.17, 15) is 9.50 Å². The molecule has 25 heavy (non-hydrogen) atoms. The molecule has 0 saturated carbocycles. The van der Waals surface area contributed by atoms with Gasteiger partial charge in [-0.05, 0) is 18.6 Å². The standard InChI is InChI=1S/C17H18FN5O2/c18-14-4-2-1-3-13(14)15-9-19-16(25-15)10-22-7-5-17(24,11-22)12-23-8-6-20-21-23/h1-4,6,8-9,24H,5,7,10-12H2. The summed E-state index contributed by atoms with van der Waals surface area (Å²) in [6.45, 7) is 2.08. The summed E-state index contributed by atoms with van der Waals surface area (Å²) >= 11 is 0. The highest BCUT2D eigenvalue weighted by Gasteiger charge is 2.37.